The summed E-state index contributed by atoms with van der Waals surface area (Å²) in [6.45, 7) is 2.30. The predicted molar refractivity (Wildman–Crippen MR) is 80.8 cm³/mol. The van der Waals surface area contributed by atoms with Gasteiger partial charge in [-0.2, -0.15) is 0 Å². The number of carboxylic acids is 1. The van der Waals surface area contributed by atoms with Gasteiger partial charge in [-0.25, -0.2) is 4.79 Å². The summed E-state index contributed by atoms with van der Waals surface area (Å²) >= 11 is 3.32. The molecule has 4 heteroatoms. The Morgan fingerprint density at radius 2 is 2.05 bits per heavy atom. The van der Waals surface area contributed by atoms with Crippen molar-refractivity contribution in [1.29, 1.82) is 0 Å². The highest BCUT2D eigenvalue weighted by molar-refractivity contribution is 9.10. The molecule has 3 nitrogen and oxygen atoms in total. The third-order valence-corrected chi connectivity index (χ3v) is 4.57. The van der Waals surface area contributed by atoms with Crippen LogP contribution >= 0.6 is 15.9 Å². The first-order valence-electron chi connectivity index (χ1n) is 6.87. The van der Waals surface area contributed by atoms with Crippen molar-refractivity contribution < 1.29 is 9.90 Å². The number of halogens is 1. The van der Waals surface area contributed by atoms with Crippen LogP contribution in [0.2, 0.25) is 0 Å². The number of anilines is 1. The number of carbonyl (C=O) groups is 1. The van der Waals surface area contributed by atoms with Crippen molar-refractivity contribution >= 4 is 27.6 Å². The molecule has 0 aromatic heterocycles. The van der Waals surface area contributed by atoms with Gasteiger partial charge in [0.2, 0.25) is 0 Å². The lowest BCUT2D eigenvalue weighted by atomic mass is 9.96. The third kappa shape index (κ3) is 3.72. The lowest BCUT2D eigenvalue weighted by Gasteiger charge is -2.24. The molecule has 0 heterocycles. The van der Waals surface area contributed by atoms with Crippen LogP contribution in [0.3, 0.4) is 0 Å². The molecule has 1 aromatic carbocycles. The molecule has 1 aromatic rings. The summed E-state index contributed by atoms with van der Waals surface area (Å²) in [7, 11) is 0. The third-order valence-electron chi connectivity index (χ3n) is 3.91. The van der Waals surface area contributed by atoms with Gasteiger partial charge >= 0.3 is 5.97 Å². The van der Waals surface area contributed by atoms with Gasteiger partial charge in [-0.3, -0.25) is 0 Å². The standard InChI is InChI=1S/C15H20BrNO2/c1-10-5-3-2-4-6-14(10)17-11-7-8-12(15(18)19)13(16)9-11/h7-10,14,17H,2-6H2,1H3,(H,18,19). The molecule has 2 rings (SSSR count). The fraction of sp³-hybridized carbons (Fsp3) is 0.533. The first-order chi connectivity index (χ1) is 9.08. The Morgan fingerprint density at radius 1 is 1.32 bits per heavy atom. The summed E-state index contributed by atoms with van der Waals surface area (Å²) in [5.74, 6) is -0.235. The maximum absolute atomic E-state index is 11.0. The summed E-state index contributed by atoms with van der Waals surface area (Å²) in [5.41, 5.74) is 1.30. The largest absolute Gasteiger partial charge is 0.478 e. The van der Waals surface area contributed by atoms with E-state index in [0.29, 0.717) is 22.0 Å². The second kappa shape index (κ2) is 6.42. The lowest BCUT2D eigenvalue weighted by Crippen LogP contribution is -2.26. The van der Waals surface area contributed by atoms with Crippen LogP contribution in [0.15, 0.2) is 22.7 Å². The Morgan fingerprint density at radius 3 is 2.74 bits per heavy atom. The number of rotatable bonds is 3. The average Bonchev–Trinajstić information content (AvgIpc) is 2.55. The van der Waals surface area contributed by atoms with Gasteiger partial charge in [-0.1, -0.05) is 26.2 Å². The van der Waals surface area contributed by atoms with E-state index in [2.05, 4.69) is 28.2 Å². The smallest absolute Gasteiger partial charge is 0.336 e. The Hall–Kier alpha value is -1.03. The second-order valence-electron chi connectivity index (χ2n) is 5.37. The maximum Gasteiger partial charge on any atom is 0.336 e. The van der Waals surface area contributed by atoms with Gasteiger partial charge in [-0.15, -0.1) is 0 Å². The number of benzene rings is 1. The van der Waals surface area contributed by atoms with Crippen LogP contribution < -0.4 is 5.32 Å². The van der Waals surface area contributed by atoms with E-state index in [1.54, 1.807) is 6.07 Å². The van der Waals surface area contributed by atoms with E-state index < -0.39 is 5.97 Å². The fourth-order valence-electron chi connectivity index (χ4n) is 2.70. The zero-order valence-corrected chi connectivity index (χ0v) is 12.7. The summed E-state index contributed by atoms with van der Waals surface area (Å²) < 4.78 is 0.631. The highest BCUT2D eigenvalue weighted by Crippen LogP contribution is 2.28. The molecule has 0 aliphatic heterocycles. The highest BCUT2D eigenvalue weighted by atomic mass is 79.9. The Balaban J connectivity index is 2.10. The van der Waals surface area contributed by atoms with E-state index in [0.717, 1.165) is 5.69 Å². The monoisotopic (exact) mass is 325 g/mol. The molecule has 2 atom stereocenters. The van der Waals surface area contributed by atoms with Crippen LogP contribution in [0, 0.1) is 5.92 Å². The number of nitrogens with one attached hydrogen (secondary N) is 1. The molecular weight excluding hydrogens is 306 g/mol. The molecule has 1 fully saturated rings. The molecule has 1 aliphatic rings. The molecule has 0 radical (unpaired) electrons. The molecule has 19 heavy (non-hydrogen) atoms. The second-order valence-corrected chi connectivity index (χ2v) is 6.22. The Bertz CT molecular complexity index is 461. The van der Waals surface area contributed by atoms with Crippen molar-refractivity contribution in [2.75, 3.05) is 5.32 Å². The topological polar surface area (TPSA) is 49.3 Å². The fourth-order valence-corrected chi connectivity index (χ4v) is 3.25. The van der Waals surface area contributed by atoms with Crippen LogP contribution in [0.1, 0.15) is 49.4 Å². The van der Waals surface area contributed by atoms with E-state index in [1.165, 1.54) is 32.1 Å². The maximum atomic E-state index is 11.0. The molecule has 2 N–H and O–H groups in total. The molecule has 104 valence electrons. The molecule has 0 saturated heterocycles. The number of aromatic carboxylic acids is 1. The molecule has 1 saturated carbocycles. The summed E-state index contributed by atoms with van der Waals surface area (Å²) in [4.78, 5) is 11.0. The molecule has 0 bridgehead atoms. The van der Waals surface area contributed by atoms with E-state index in [9.17, 15) is 4.79 Å². The molecule has 1 aliphatic carbocycles. The van der Waals surface area contributed by atoms with Gasteiger partial charge in [0.15, 0.2) is 0 Å². The van der Waals surface area contributed by atoms with E-state index >= 15 is 0 Å². The first-order valence-corrected chi connectivity index (χ1v) is 7.66. The van der Waals surface area contributed by atoms with Crippen molar-refractivity contribution in [2.45, 2.75) is 45.1 Å². The average molecular weight is 326 g/mol. The normalized spacial score (nSPS) is 23.7. The van der Waals surface area contributed by atoms with Crippen LogP contribution in [0.25, 0.3) is 0 Å². The Kier molecular flexibility index (Phi) is 4.86. The van der Waals surface area contributed by atoms with Crippen molar-refractivity contribution in [1.82, 2.24) is 0 Å². The zero-order valence-electron chi connectivity index (χ0n) is 11.2. The minimum atomic E-state index is -0.902. The predicted octanol–water partition coefficient (Wildman–Crippen LogP) is 4.53. The van der Waals surface area contributed by atoms with Crippen LogP contribution in [0.5, 0.6) is 0 Å². The van der Waals surface area contributed by atoms with E-state index in [-0.39, 0.29) is 0 Å². The van der Waals surface area contributed by atoms with Crippen molar-refractivity contribution in [3.8, 4) is 0 Å². The minimum absolute atomic E-state index is 0.305. The Labute approximate surface area is 122 Å². The first kappa shape index (κ1) is 14.4. The number of hydrogen-bond acceptors (Lipinski definition) is 2. The van der Waals surface area contributed by atoms with Gasteiger partial charge in [-0.05, 0) is 52.9 Å². The minimum Gasteiger partial charge on any atom is -0.478 e. The zero-order chi connectivity index (χ0) is 13.8. The molecular formula is C15H20BrNO2. The van der Waals surface area contributed by atoms with Crippen molar-refractivity contribution in [3.05, 3.63) is 28.2 Å². The number of carboxylic acid groups (broad SMARTS) is 1. The van der Waals surface area contributed by atoms with Crippen LogP contribution in [-0.2, 0) is 0 Å². The van der Waals surface area contributed by atoms with Gasteiger partial charge in [0.05, 0.1) is 5.56 Å². The molecule has 0 amide bonds. The SMILES string of the molecule is CC1CCCCCC1Nc1ccc(C(=O)O)c(Br)c1. The van der Waals surface area contributed by atoms with Crippen LogP contribution in [-0.4, -0.2) is 17.1 Å². The van der Waals surface area contributed by atoms with Gasteiger partial charge in [0, 0.05) is 16.2 Å². The van der Waals surface area contributed by atoms with Gasteiger partial charge in [0.25, 0.3) is 0 Å². The molecule has 0 spiro atoms. The van der Waals surface area contributed by atoms with Crippen molar-refractivity contribution in [2.24, 2.45) is 5.92 Å². The highest BCUT2D eigenvalue weighted by Gasteiger charge is 2.20. The summed E-state index contributed by atoms with van der Waals surface area (Å²) in [6, 6.07) is 5.85. The van der Waals surface area contributed by atoms with Gasteiger partial charge < -0.3 is 10.4 Å². The summed E-state index contributed by atoms with van der Waals surface area (Å²) in [6.07, 6.45) is 6.38. The van der Waals surface area contributed by atoms with E-state index in [4.69, 9.17) is 5.11 Å². The van der Waals surface area contributed by atoms with Crippen LogP contribution in [0.4, 0.5) is 5.69 Å². The van der Waals surface area contributed by atoms with E-state index in [1.807, 2.05) is 12.1 Å². The quantitative estimate of drug-likeness (QED) is 0.803. The van der Waals surface area contributed by atoms with Crippen molar-refractivity contribution in [3.63, 3.8) is 0 Å². The molecule has 2 unspecified atom stereocenters. The number of hydrogen-bond donors (Lipinski definition) is 2. The van der Waals surface area contributed by atoms with Gasteiger partial charge in [0.1, 0.15) is 0 Å². The summed E-state index contributed by atoms with van der Waals surface area (Å²) in [5, 5.41) is 12.6. The lowest BCUT2D eigenvalue weighted by molar-refractivity contribution is 0.0696.